The summed E-state index contributed by atoms with van der Waals surface area (Å²) >= 11 is 0. The van der Waals surface area contributed by atoms with Crippen LogP contribution in [0.25, 0.3) is 0 Å². The molecule has 0 heterocycles. The first-order chi connectivity index (χ1) is 7.08. The van der Waals surface area contributed by atoms with E-state index >= 15 is 0 Å². The number of benzene rings is 1. The summed E-state index contributed by atoms with van der Waals surface area (Å²) in [6.45, 7) is 8.20. The Labute approximate surface area is 93.3 Å². The van der Waals surface area contributed by atoms with E-state index in [0.29, 0.717) is 0 Å². The number of hydroxylamine groups is 1. The van der Waals surface area contributed by atoms with E-state index in [1.165, 1.54) is 12.8 Å². The zero-order chi connectivity index (χ0) is 11.7. The van der Waals surface area contributed by atoms with Crippen LogP contribution in [0.4, 0.5) is 0 Å². The molecule has 0 aromatic heterocycles. The number of hydrogen-bond acceptors (Lipinski definition) is 2. The van der Waals surface area contributed by atoms with Crippen LogP contribution in [0.15, 0.2) is 30.3 Å². The standard InChI is InChI=1S/C9H13NO.C4H10/c1-9(2,10-11)8-6-4-3-5-7-8;1-3-4-2/h3-7,10-11H,1-2H3;3-4H2,1-2H3. The molecule has 0 bridgehead atoms. The molecule has 0 aliphatic heterocycles. The van der Waals surface area contributed by atoms with Gasteiger partial charge in [0, 0.05) is 0 Å². The highest BCUT2D eigenvalue weighted by Gasteiger charge is 2.17. The minimum Gasteiger partial charge on any atom is -0.316 e. The molecular weight excluding hydrogens is 186 g/mol. The summed E-state index contributed by atoms with van der Waals surface area (Å²) < 4.78 is 0. The van der Waals surface area contributed by atoms with E-state index in [1.807, 2.05) is 44.2 Å². The van der Waals surface area contributed by atoms with Crippen molar-refractivity contribution in [3.05, 3.63) is 35.9 Å². The van der Waals surface area contributed by atoms with Crippen molar-refractivity contribution in [2.24, 2.45) is 0 Å². The quantitative estimate of drug-likeness (QED) is 0.744. The van der Waals surface area contributed by atoms with E-state index in [0.717, 1.165) is 5.56 Å². The molecule has 0 saturated carbocycles. The molecule has 0 fully saturated rings. The highest BCUT2D eigenvalue weighted by atomic mass is 16.5. The van der Waals surface area contributed by atoms with E-state index in [1.54, 1.807) is 0 Å². The molecule has 0 aliphatic carbocycles. The van der Waals surface area contributed by atoms with Gasteiger partial charge in [0.1, 0.15) is 0 Å². The van der Waals surface area contributed by atoms with Gasteiger partial charge >= 0.3 is 0 Å². The predicted octanol–water partition coefficient (Wildman–Crippen LogP) is 3.71. The number of unbranched alkanes of at least 4 members (excludes halogenated alkanes) is 1. The lowest BCUT2D eigenvalue weighted by Gasteiger charge is -2.22. The zero-order valence-corrected chi connectivity index (χ0v) is 10.2. The van der Waals surface area contributed by atoms with Crippen LogP contribution in [0.2, 0.25) is 0 Å². The van der Waals surface area contributed by atoms with Gasteiger partial charge in [-0.05, 0) is 19.4 Å². The Kier molecular flexibility index (Phi) is 7.01. The lowest BCUT2D eigenvalue weighted by atomic mass is 9.96. The van der Waals surface area contributed by atoms with Gasteiger partial charge in [-0.1, -0.05) is 57.0 Å². The van der Waals surface area contributed by atoms with E-state index < -0.39 is 0 Å². The third kappa shape index (κ3) is 5.55. The van der Waals surface area contributed by atoms with Crippen molar-refractivity contribution < 1.29 is 5.21 Å². The van der Waals surface area contributed by atoms with Crippen LogP contribution >= 0.6 is 0 Å². The van der Waals surface area contributed by atoms with Crippen LogP contribution in [0.5, 0.6) is 0 Å². The second-order valence-corrected chi connectivity index (χ2v) is 4.10. The third-order valence-electron chi connectivity index (χ3n) is 2.27. The molecule has 1 aromatic rings. The molecule has 0 saturated heterocycles. The topological polar surface area (TPSA) is 32.3 Å². The van der Waals surface area contributed by atoms with Crippen LogP contribution < -0.4 is 5.48 Å². The van der Waals surface area contributed by atoms with Crippen molar-refractivity contribution in [3.8, 4) is 0 Å². The molecule has 0 aliphatic rings. The van der Waals surface area contributed by atoms with Gasteiger partial charge in [-0.25, -0.2) is 0 Å². The van der Waals surface area contributed by atoms with Crippen molar-refractivity contribution in [1.82, 2.24) is 5.48 Å². The van der Waals surface area contributed by atoms with Gasteiger partial charge in [0.25, 0.3) is 0 Å². The molecule has 1 aromatic carbocycles. The molecule has 15 heavy (non-hydrogen) atoms. The number of hydrogen-bond donors (Lipinski definition) is 2. The Bertz CT molecular complexity index is 242. The van der Waals surface area contributed by atoms with Crippen LogP contribution in [0, 0.1) is 0 Å². The SMILES string of the molecule is CC(C)(NO)c1ccccc1.CCCC. The average Bonchev–Trinajstić information content (AvgIpc) is 2.30. The molecule has 86 valence electrons. The first-order valence-corrected chi connectivity index (χ1v) is 5.55. The van der Waals surface area contributed by atoms with Gasteiger partial charge in [-0.2, -0.15) is 5.48 Å². The molecule has 0 spiro atoms. The second-order valence-electron chi connectivity index (χ2n) is 4.10. The lowest BCUT2D eigenvalue weighted by Crippen LogP contribution is -2.33. The van der Waals surface area contributed by atoms with E-state index in [4.69, 9.17) is 5.21 Å². The molecule has 2 heteroatoms. The third-order valence-corrected chi connectivity index (χ3v) is 2.27. The maximum Gasteiger partial charge on any atom is 0.0622 e. The molecule has 2 N–H and O–H groups in total. The second kappa shape index (κ2) is 7.43. The minimum absolute atomic E-state index is 0.360. The molecule has 2 nitrogen and oxygen atoms in total. The Balaban J connectivity index is 0.000000423. The van der Waals surface area contributed by atoms with Crippen LogP contribution in [-0.4, -0.2) is 5.21 Å². The first kappa shape index (κ1) is 14.1. The average molecular weight is 209 g/mol. The van der Waals surface area contributed by atoms with Gasteiger partial charge in [-0.3, -0.25) is 0 Å². The lowest BCUT2D eigenvalue weighted by molar-refractivity contribution is 0.0806. The van der Waals surface area contributed by atoms with Gasteiger partial charge in [0.15, 0.2) is 0 Å². The predicted molar refractivity (Wildman–Crippen MR) is 65.0 cm³/mol. The summed E-state index contributed by atoms with van der Waals surface area (Å²) in [5, 5.41) is 8.80. The van der Waals surface area contributed by atoms with E-state index in [-0.39, 0.29) is 5.54 Å². The molecule has 0 atom stereocenters. The fraction of sp³-hybridized carbons (Fsp3) is 0.538. The maximum absolute atomic E-state index is 8.80. The van der Waals surface area contributed by atoms with Crippen molar-refractivity contribution in [2.45, 2.75) is 46.1 Å². The summed E-state index contributed by atoms with van der Waals surface area (Å²) in [6.07, 6.45) is 2.64. The molecule has 1 rings (SSSR count). The van der Waals surface area contributed by atoms with Crippen molar-refractivity contribution >= 4 is 0 Å². The maximum atomic E-state index is 8.80. The normalized spacial score (nSPS) is 10.5. The van der Waals surface area contributed by atoms with Crippen LogP contribution in [-0.2, 0) is 5.54 Å². The fourth-order valence-corrected chi connectivity index (χ4v) is 0.919. The summed E-state index contributed by atoms with van der Waals surface area (Å²) in [5.41, 5.74) is 2.97. The number of nitrogens with one attached hydrogen (secondary N) is 1. The molecule has 0 amide bonds. The summed E-state index contributed by atoms with van der Waals surface area (Å²) in [4.78, 5) is 0. The highest BCUT2D eigenvalue weighted by Crippen LogP contribution is 2.17. The largest absolute Gasteiger partial charge is 0.316 e. The van der Waals surface area contributed by atoms with E-state index in [2.05, 4.69) is 19.3 Å². The molecule has 0 unspecified atom stereocenters. The summed E-state index contributed by atoms with van der Waals surface area (Å²) in [6, 6.07) is 9.81. The molecular formula is C13H23NO. The van der Waals surface area contributed by atoms with Crippen molar-refractivity contribution in [3.63, 3.8) is 0 Å². The highest BCUT2D eigenvalue weighted by molar-refractivity contribution is 5.21. The van der Waals surface area contributed by atoms with E-state index in [9.17, 15) is 0 Å². The summed E-state index contributed by atoms with van der Waals surface area (Å²) in [7, 11) is 0. The minimum atomic E-state index is -0.360. The Morgan fingerprint density at radius 2 is 1.53 bits per heavy atom. The monoisotopic (exact) mass is 209 g/mol. The fourth-order valence-electron chi connectivity index (χ4n) is 0.919. The Morgan fingerprint density at radius 1 is 1.07 bits per heavy atom. The van der Waals surface area contributed by atoms with Crippen LogP contribution in [0.1, 0.15) is 46.1 Å². The smallest absolute Gasteiger partial charge is 0.0622 e. The summed E-state index contributed by atoms with van der Waals surface area (Å²) in [5.74, 6) is 0. The van der Waals surface area contributed by atoms with Crippen molar-refractivity contribution in [1.29, 1.82) is 0 Å². The van der Waals surface area contributed by atoms with Crippen LogP contribution in [0.3, 0.4) is 0 Å². The van der Waals surface area contributed by atoms with Gasteiger partial charge in [-0.15, -0.1) is 0 Å². The zero-order valence-electron chi connectivity index (χ0n) is 10.2. The Hall–Kier alpha value is -0.860. The van der Waals surface area contributed by atoms with Gasteiger partial charge < -0.3 is 5.21 Å². The first-order valence-electron chi connectivity index (χ1n) is 5.55. The van der Waals surface area contributed by atoms with Gasteiger partial charge in [0.05, 0.1) is 5.54 Å². The van der Waals surface area contributed by atoms with Crippen molar-refractivity contribution in [2.75, 3.05) is 0 Å². The molecule has 0 radical (unpaired) electrons. The number of rotatable bonds is 3. The Morgan fingerprint density at radius 3 is 1.87 bits per heavy atom. The van der Waals surface area contributed by atoms with Gasteiger partial charge in [0.2, 0.25) is 0 Å².